The van der Waals surface area contributed by atoms with Crippen molar-refractivity contribution in [2.75, 3.05) is 17.7 Å². The van der Waals surface area contributed by atoms with E-state index in [0.717, 1.165) is 33.9 Å². The molecule has 3 rings (SSSR count). The molecule has 1 saturated carbocycles. The molecular weight excluding hydrogens is 234 g/mol. The number of benzene rings is 1. The number of hydrogen-bond donors (Lipinski definition) is 3. The van der Waals surface area contributed by atoms with Crippen LogP contribution in [0.4, 0.5) is 10.8 Å². The molecule has 0 radical (unpaired) electrons. The summed E-state index contributed by atoms with van der Waals surface area (Å²) in [6.07, 6.45) is 3.20. The van der Waals surface area contributed by atoms with Crippen LogP contribution in [0, 0.1) is 0 Å². The third kappa shape index (κ3) is 1.85. The van der Waals surface area contributed by atoms with Crippen molar-refractivity contribution >= 4 is 32.4 Å². The number of hydrogen-bond acceptors (Lipinski definition) is 5. The molecular formula is C12H15N3OS. The highest BCUT2D eigenvalue weighted by molar-refractivity contribution is 7.22. The van der Waals surface area contributed by atoms with Gasteiger partial charge < -0.3 is 16.2 Å². The normalized spacial score (nSPS) is 17.9. The predicted octanol–water partition coefficient (Wildman–Crippen LogP) is 2.21. The maximum absolute atomic E-state index is 9.41. The van der Waals surface area contributed by atoms with Crippen LogP contribution in [0.3, 0.4) is 0 Å². The second kappa shape index (κ2) is 3.85. The van der Waals surface area contributed by atoms with Crippen molar-refractivity contribution in [3.8, 4) is 0 Å². The number of thiazole rings is 1. The molecule has 1 heterocycles. The highest BCUT2D eigenvalue weighted by Gasteiger charge is 2.36. The Morgan fingerprint density at radius 1 is 1.47 bits per heavy atom. The maximum atomic E-state index is 9.41. The Hall–Kier alpha value is -1.33. The Morgan fingerprint density at radius 2 is 2.29 bits per heavy atom. The van der Waals surface area contributed by atoms with Gasteiger partial charge >= 0.3 is 0 Å². The average Bonchev–Trinajstić information content (AvgIpc) is 2.65. The third-order valence-corrected chi connectivity index (χ3v) is 4.33. The summed E-state index contributed by atoms with van der Waals surface area (Å²) in [5.41, 5.74) is 7.32. The fourth-order valence-electron chi connectivity index (χ4n) is 2.15. The van der Waals surface area contributed by atoms with Gasteiger partial charge in [-0.1, -0.05) is 11.3 Å². The fourth-order valence-corrected chi connectivity index (χ4v) is 3.18. The van der Waals surface area contributed by atoms with Gasteiger partial charge in [0.2, 0.25) is 0 Å². The molecule has 1 aliphatic rings. The number of nitrogens with two attached hydrogens (primary N) is 1. The Balaban J connectivity index is 1.90. The lowest BCUT2D eigenvalue weighted by molar-refractivity contribution is 0.144. The van der Waals surface area contributed by atoms with Gasteiger partial charge in [-0.15, -0.1) is 0 Å². The summed E-state index contributed by atoms with van der Waals surface area (Å²) >= 11 is 1.59. The van der Waals surface area contributed by atoms with E-state index in [2.05, 4.69) is 10.3 Å². The molecule has 1 aliphatic carbocycles. The van der Waals surface area contributed by atoms with Crippen molar-refractivity contribution < 1.29 is 5.11 Å². The van der Waals surface area contributed by atoms with Crippen LogP contribution < -0.4 is 11.1 Å². The number of aromatic nitrogens is 1. The van der Waals surface area contributed by atoms with Gasteiger partial charge in [-0.05, 0) is 37.5 Å². The number of fused-ring (bicyclic) bond motifs is 1. The summed E-state index contributed by atoms with van der Waals surface area (Å²) < 4.78 is 1.08. The molecule has 0 amide bonds. The minimum Gasteiger partial charge on any atom is -0.399 e. The quantitative estimate of drug-likeness (QED) is 0.729. The van der Waals surface area contributed by atoms with Gasteiger partial charge in [0.1, 0.15) is 0 Å². The van der Waals surface area contributed by atoms with Crippen molar-refractivity contribution in [2.24, 2.45) is 0 Å². The van der Waals surface area contributed by atoms with Crippen molar-refractivity contribution in [1.82, 2.24) is 4.98 Å². The summed E-state index contributed by atoms with van der Waals surface area (Å²) in [6, 6.07) is 5.72. The van der Waals surface area contributed by atoms with Crippen molar-refractivity contribution in [1.29, 1.82) is 0 Å². The van der Waals surface area contributed by atoms with E-state index < -0.39 is 0 Å². The third-order valence-electron chi connectivity index (χ3n) is 3.40. The number of nitrogen functional groups attached to an aromatic ring is 1. The molecule has 1 aromatic heterocycles. The van der Waals surface area contributed by atoms with Gasteiger partial charge in [0, 0.05) is 5.69 Å². The number of aliphatic hydroxyl groups is 1. The molecule has 1 fully saturated rings. The van der Waals surface area contributed by atoms with Crippen LogP contribution in [0.1, 0.15) is 19.3 Å². The molecule has 0 bridgehead atoms. The van der Waals surface area contributed by atoms with Gasteiger partial charge in [-0.2, -0.15) is 0 Å². The second-order valence-corrected chi connectivity index (χ2v) is 5.69. The van der Waals surface area contributed by atoms with Crippen molar-refractivity contribution in [2.45, 2.75) is 24.8 Å². The molecule has 4 nitrogen and oxygen atoms in total. The molecule has 2 aromatic rings. The van der Waals surface area contributed by atoms with Crippen LogP contribution in [0.15, 0.2) is 18.2 Å². The first-order chi connectivity index (χ1) is 8.21. The van der Waals surface area contributed by atoms with Gasteiger partial charge in [0.05, 0.1) is 22.4 Å². The zero-order chi connectivity index (χ0) is 11.9. The van der Waals surface area contributed by atoms with E-state index in [-0.39, 0.29) is 12.1 Å². The fraction of sp³-hybridized carbons (Fsp3) is 0.417. The smallest absolute Gasteiger partial charge is 0.184 e. The molecule has 0 spiro atoms. The molecule has 0 saturated heterocycles. The summed E-state index contributed by atoms with van der Waals surface area (Å²) in [5, 5.41) is 13.7. The van der Waals surface area contributed by atoms with Gasteiger partial charge in [-0.3, -0.25) is 0 Å². The first-order valence-corrected chi connectivity index (χ1v) is 6.58. The van der Waals surface area contributed by atoms with Crippen LogP contribution in [-0.4, -0.2) is 22.2 Å². The standard InChI is InChI=1S/C12H15N3OS/c13-8-2-3-9-10(6-8)17-11(14-9)15-12(7-16)4-1-5-12/h2-3,6,16H,1,4-5,7,13H2,(H,14,15). The zero-order valence-electron chi connectivity index (χ0n) is 9.44. The Kier molecular flexibility index (Phi) is 2.45. The van der Waals surface area contributed by atoms with Gasteiger partial charge in [-0.25, -0.2) is 4.98 Å². The second-order valence-electron chi connectivity index (χ2n) is 4.66. The SMILES string of the molecule is Nc1ccc2nc(NC3(CO)CCC3)sc2c1. The van der Waals surface area contributed by atoms with Crippen LogP contribution in [0.2, 0.25) is 0 Å². The van der Waals surface area contributed by atoms with Crippen molar-refractivity contribution in [3.63, 3.8) is 0 Å². The van der Waals surface area contributed by atoms with Crippen LogP contribution in [-0.2, 0) is 0 Å². The minimum absolute atomic E-state index is 0.139. The van der Waals surface area contributed by atoms with Crippen LogP contribution in [0.25, 0.3) is 10.2 Å². The minimum atomic E-state index is -0.139. The van der Waals surface area contributed by atoms with E-state index in [1.54, 1.807) is 11.3 Å². The largest absolute Gasteiger partial charge is 0.399 e. The summed E-state index contributed by atoms with van der Waals surface area (Å²) in [4.78, 5) is 4.51. The van der Waals surface area contributed by atoms with E-state index in [1.807, 2.05) is 18.2 Å². The number of anilines is 2. The Labute approximate surface area is 103 Å². The first kappa shape index (κ1) is 10.8. The zero-order valence-corrected chi connectivity index (χ0v) is 10.3. The van der Waals surface area contributed by atoms with E-state index in [4.69, 9.17) is 5.73 Å². The first-order valence-electron chi connectivity index (χ1n) is 5.76. The Morgan fingerprint density at radius 3 is 2.94 bits per heavy atom. The van der Waals surface area contributed by atoms with Crippen LogP contribution in [0.5, 0.6) is 0 Å². The predicted molar refractivity (Wildman–Crippen MR) is 71.3 cm³/mol. The topological polar surface area (TPSA) is 71.2 Å². The molecule has 17 heavy (non-hydrogen) atoms. The Bertz CT molecular complexity index is 542. The molecule has 0 aliphatic heterocycles. The molecule has 1 aromatic carbocycles. The summed E-state index contributed by atoms with van der Waals surface area (Å²) in [7, 11) is 0. The van der Waals surface area contributed by atoms with E-state index in [0.29, 0.717) is 0 Å². The molecule has 90 valence electrons. The molecule has 5 heteroatoms. The van der Waals surface area contributed by atoms with Gasteiger partial charge in [0.15, 0.2) is 5.13 Å². The molecule has 0 unspecified atom stereocenters. The summed E-state index contributed by atoms with van der Waals surface area (Å²) in [6.45, 7) is 0.172. The average molecular weight is 249 g/mol. The van der Waals surface area contributed by atoms with Gasteiger partial charge in [0.25, 0.3) is 0 Å². The number of aliphatic hydroxyl groups excluding tert-OH is 1. The van der Waals surface area contributed by atoms with E-state index in [9.17, 15) is 5.11 Å². The number of nitrogens with one attached hydrogen (secondary N) is 1. The maximum Gasteiger partial charge on any atom is 0.184 e. The van der Waals surface area contributed by atoms with Crippen LogP contribution >= 0.6 is 11.3 Å². The lowest BCUT2D eigenvalue weighted by atomic mass is 9.77. The lowest BCUT2D eigenvalue weighted by Crippen LogP contribution is -2.48. The van der Waals surface area contributed by atoms with E-state index in [1.165, 1.54) is 6.42 Å². The monoisotopic (exact) mass is 249 g/mol. The summed E-state index contributed by atoms with van der Waals surface area (Å²) in [5.74, 6) is 0. The van der Waals surface area contributed by atoms with E-state index >= 15 is 0 Å². The van der Waals surface area contributed by atoms with Crippen molar-refractivity contribution in [3.05, 3.63) is 18.2 Å². The molecule has 0 atom stereocenters. The molecule has 4 N–H and O–H groups in total. The highest BCUT2D eigenvalue weighted by Crippen LogP contribution is 2.37. The number of rotatable bonds is 3. The highest BCUT2D eigenvalue weighted by atomic mass is 32.1. The lowest BCUT2D eigenvalue weighted by Gasteiger charge is -2.40. The number of nitrogens with zero attached hydrogens (tertiary/aromatic N) is 1.